The molecule has 0 saturated heterocycles. The number of hydrogen-bond acceptors (Lipinski definition) is 3. The normalized spacial score (nSPS) is 11.1. The third-order valence-electron chi connectivity index (χ3n) is 6.54. The minimum Gasteiger partial charge on any atom is -0.327 e. The van der Waals surface area contributed by atoms with Crippen molar-refractivity contribution < 1.29 is 9.59 Å². The van der Waals surface area contributed by atoms with E-state index in [1.807, 2.05) is 124 Å². The molecule has 6 nitrogen and oxygen atoms in total. The highest BCUT2D eigenvalue weighted by atomic mass is 16.2. The van der Waals surface area contributed by atoms with E-state index in [-0.39, 0.29) is 24.4 Å². The standard InChI is InChI=1S/C32H30N4O2/c1-22(2)35(32(38)28-15-9-13-24-10-7-8-14-27(24)28)21-31(37)33-30-20-29(25-11-5-4-6-12-25)34-36(30)26-18-16-23(3)17-19-26/h4-20,22H,21H2,1-3H3,(H,33,37). The number of hydrogen-bond donors (Lipinski definition) is 1. The van der Waals surface area contributed by atoms with E-state index in [0.29, 0.717) is 11.4 Å². The SMILES string of the molecule is Cc1ccc(-n2nc(-c3ccccc3)cc2NC(=O)CN(C(=O)c2cccc3ccccc23)C(C)C)cc1. The van der Waals surface area contributed by atoms with E-state index in [1.54, 1.807) is 9.58 Å². The van der Waals surface area contributed by atoms with Crippen LogP contribution in [0.25, 0.3) is 27.7 Å². The van der Waals surface area contributed by atoms with E-state index in [9.17, 15) is 9.59 Å². The van der Waals surface area contributed by atoms with Gasteiger partial charge in [0.2, 0.25) is 5.91 Å². The fraction of sp³-hybridized carbons (Fsp3) is 0.156. The molecule has 6 heteroatoms. The van der Waals surface area contributed by atoms with Crippen LogP contribution in [0.5, 0.6) is 0 Å². The predicted octanol–water partition coefficient (Wildman–Crippen LogP) is 6.49. The van der Waals surface area contributed by atoms with Gasteiger partial charge in [-0.15, -0.1) is 0 Å². The van der Waals surface area contributed by atoms with Crippen molar-refractivity contribution >= 4 is 28.4 Å². The summed E-state index contributed by atoms with van der Waals surface area (Å²) in [5.74, 6) is 0.0724. The highest BCUT2D eigenvalue weighted by Crippen LogP contribution is 2.26. The zero-order chi connectivity index (χ0) is 26.6. The van der Waals surface area contributed by atoms with Gasteiger partial charge in [0.15, 0.2) is 0 Å². The van der Waals surface area contributed by atoms with Crippen LogP contribution in [-0.2, 0) is 4.79 Å². The van der Waals surface area contributed by atoms with Gasteiger partial charge in [0.05, 0.1) is 11.4 Å². The monoisotopic (exact) mass is 502 g/mol. The first-order valence-corrected chi connectivity index (χ1v) is 12.7. The van der Waals surface area contributed by atoms with Gasteiger partial charge in [0, 0.05) is 23.2 Å². The number of carbonyl (C=O) groups excluding carboxylic acids is 2. The summed E-state index contributed by atoms with van der Waals surface area (Å²) in [7, 11) is 0. The van der Waals surface area contributed by atoms with Crippen molar-refractivity contribution in [1.29, 1.82) is 0 Å². The number of nitrogens with one attached hydrogen (secondary N) is 1. The average molecular weight is 503 g/mol. The number of anilines is 1. The van der Waals surface area contributed by atoms with Crippen LogP contribution in [0, 0.1) is 6.92 Å². The minimum atomic E-state index is -0.292. The zero-order valence-corrected chi connectivity index (χ0v) is 21.8. The van der Waals surface area contributed by atoms with Crippen LogP contribution in [0.3, 0.4) is 0 Å². The lowest BCUT2D eigenvalue weighted by atomic mass is 10.0. The molecule has 0 aliphatic heterocycles. The number of nitrogens with zero attached hydrogens (tertiary/aromatic N) is 3. The predicted molar refractivity (Wildman–Crippen MR) is 152 cm³/mol. The second kappa shape index (κ2) is 10.7. The second-order valence-electron chi connectivity index (χ2n) is 9.63. The van der Waals surface area contributed by atoms with Gasteiger partial charge in [0.25, 0.3) is 5.91 Å². The van der Waals surface area contributed by atoms with E-state index in [2.05, 4.69) is 5.32 Å². The molecule has 1 N–H and O–H groups in total. The summed E-state index contributed by atoms with van der Waals surface area (Å²) in [6, 6.07) is 32.9. The van der Waals surface area contributed by atoms with Crippen LogP contribution < -0.4 is 5.32 Å². The van der Waals surface area contributed by atoms with Gasteiger partial charge in [0.1, 0.15) is 12.4 Å². The molecule has 5 aromatic rings. The highest BCUT2D eigenvalue weighted by molar-refractivity contribution is 6.08. The van der Waals surface area contributed by atoms with E-state index in [0.717, 1.165) is 33.3 Å². The lowest BCUT2D eigenvalue weighted by molar-refractivity contribution is -0.117. The Morgan fingerprint density at radius 2 is 1.55 bits per heavy atom. The Hall–Kier alpha value is -4.71. The van der Waals surface area contributed by atoms with Crippen LogP contribution in [0.1, 0.15) is 29.8 Å². The first-order chi connectivity index (χ1) is 18.4. The lowest BCUT2D eigenvalue weighted by Crippen LogP contribution is -2.42. The Bertz CT molecular complexity index is 1580. The summed E-state index contributed by atoms with van der Waals surface area (Å²) in [6.07, 6.45) is 0. The zero-order valence-electron chi connectivity index (χ0n) is 21.8. The van der Waals surface area contributed by atoms with E-state index in [1.165, 1.54) is 0 Å². The first kappa shape index (κ1) is 25.0. The third-order valence-corrected chi connectivity index (χ3v) is 6.54. The number of fused-ring (bicyclic) bond motifs is 1. The molecule has 190 valence electrons. The highest BCUT2D eigenvalue weighted by Gasteiger charge is 2.24. The molecule has 0 spiro atoms. The van der Waals surface area contributed by atoms with Gasteiger partial charge in [-0.3, -0.25) is 9.59 Å². The molecule has 1 heterocycles. The van der Waals surface area contributed by atoms with Crippen molar-refractivity contribution in [2.45, 2.75) is 26.8 Å². The van der Waals surface area contributed by atoms with E-state index in [4.69, 9.17) is 5.10 Å². The first-order valence-electron chi connectivity index (χ1n) is 12.7. The molecule has 0 radical (unpaired) electrons. The van der Waals surface area contributed by atoms with Crippen LogP contribution in [0.15, 0.2) is 103 Å². The number of aryl methyl sites for hydroxylation is 1. The molecule has 0 bridgehead atoms. The summed E-state index contributed by atoms with van der Waals surface area (Å²) in [5, 5.41) is 9.66. The number of aromatic nitrogens is 2. The molecule has 0 saturated carbocycles. The van der Waals surface area contributed by atoms with Crippen molar-refractivity contribution in [3.8, 4) is 16.9 Å². The largest absolute Gasteiger partial charge is 0.327 e. The summed E-state index contributed by atoms with van der Waals surface area (Å²) in [5.41, 5.74) is 4.24. The molecular weight excluding hydrogens is 472 g/mol. The quantitative estimate of drug-likeness (QED) is 0.277. The smallest absolute Gasteiger partial charge is 0.255 e. The fourth-order valence-electron chi connectivity index (χ4n) is 4.50. The molecule has 5 rings (SSSR count). The molecular formula is C32H30N4O2. The topological polar surface area (TPSA) is 67.2 Å². The number of rotatable bonds is 7. The molecule has 0 fully saturated rings. The average Bonchev–Trinajstić information content (AvgIpc) is 3.35. The van der Waals surface area contributed by atoms with Gasteiger partial charge in [-0.25, -0.2) is 4.68 Å². The number of benzene rings is 4. The summed E-state index contributed by atoms with van der Waals surface area (Å²) in [6.45, 7) is 5.78. The Labute approximate surface area is 222 Å². The molecule has 2 amide bonds. The molecule has 0 aliphatic rings. The van der Waals surface area contributed by atoms with Crippen molar-refractivity contribution in [2.24, 2.45) is 0 Å². The summed E-state index contributed by atoms with van der Waals surface area (Å²) in [4.78, 5) is 28.6. The maximum Gasteiger partial charge on any atom is 0.255 e. The van der Waals surface area contributed by atoms with Crippen LogP contribution >= 0.6 is 0 Å². The maximum absolute atomic E-state index is 13.6. The summed E-state index contributed by atoms with van der Waals surface area (Å²) >= 11 is 0. The Morgan fingerprint density at radius 1 is 0.868 bits per heavy atom. The molecule has 38 heavy (non-hydrogen) atoms. The minimum absolute atomic E-state index is 0.0839. The molecule has 0 atom stereocenters. The van der Waals surface area contributed by atoms with Crippen molar-refractivity contribution in [1.82, 2.24) is 14.7 Å². The maximum atomic E-state index is 13.6. The van der Waals surface area contributed by atoms with Crippen LogP contribution in [0.2, 0.25) is 0 Å². The van der Waals surface area contributed by atoms with Gasteiger partial charge in [-0.05, 0) is 49.7 Å². The summed E-state index contributed by atoms with van der Waals surface area (Å²) < 4.78 is 1.73. The van der Waals surface area contributed by atoms with Gasteiger partial charge < -0.3 is 10.2 Å². The van der Waals surface area contributed by atoms with Gasteiger partial charge >= 0.3 is 0 Å². The Balaban J connectivity index is 1.43. The number of amides is 2. The number of carbonyl (C=O) groups is 2. The van der Waals surface area contributed by atoms with Crippen LogP contribution in [-0.4, -0.2) is 39.1 Å². The second-order valence-corrected chi connectivity index (χ2v) is 9.63. The third kappa shape index (κ3) is 5.20. The van der Waals surface area contributed by atoms with E-state index < -0.39 is 0 Å². The van der Waals surface area contributed by atoms with Crippen molar-refractivity contribution in [2.75, 3.05) is 11.9 Å². The van der Waals surface area contributed by atoms with Crippen molar-refractivity contribution in [3.05, 3.63) is 114 Å². The molecule has 1 aromatic heterocycles. The molecule has 0 aliphatic carbocycles. The lowest BCUT2D eigenvalue weighted by Gasteiger charge is -2.27. The fourth-order valence-corrected chi connectivity index (χ4v) is 4.50. The van der Waals surface area contributed by atoms with Gasteiger partial charge in [-0.1, -0.05) is 84.4 Å². The molecule has 0 unspecified atom stereocenters. The Kier molecular flexibility index (Phi) is 7.05. The van der Waals surface area contributed by atoms with E-state index >= 15 is 0 Å². The van der Waals surface area contributed by atoms with Crippen molar-refractivity contribution in [3.63, 3.8) is 0 Å². The molecule has 4 aromatic carbocycles. The Morgan fingerprint density at radius 3 is 2.29 bits per heavy atom. The van der Waals surface area contributed by atoms with Crippen LogP contribution in [0.4, 0.5) is 5.82 Å². The van der Waals surface area contributed by atoms with Gasteiger partial charge in [-0.2, -0.15) is 5.10 Å².